The maximum atomic E-state index is 12.2. The largest absolute Gasteiger partial charge is 0.285 e. The molecule has 18 heteroatoms. The monoisotopic (exact) mass is 748 g/mol. The summed E-state index contributed by atoms with van der Waals surface area (Å²) in [5, 5.41) is 0. The topological polar surface area (TPSA) is 224 Å². The predicted octanol–water partition coefficient (Wildman–Crippen LogP) is -2.50. The average molecular weight is 749 g/mol. The van der Waals surface area contributed by atoms with Crippen LogP contribution < -0.4 is 0 Å². The van der Waals surface area contributed by atoms with Gasteiger partial charge in [-0.1, -0.05) is 11.6 Å². The lowest BCUT2D eigenvalue weighted by Crippen LogP contribution is -2.50. The van der Waals surface area contributed by atoms with Crippen LogP contribution in [-0.2, 0) is 57.5 Å². The first-order valence-corrected chi connectivity index (χ1v) is 17.8. The molecule has 54 heavy (non-hydrogen) atoms. The van der Waals surface area contributed by atoms with E-state index >= 15 is 0 Å². The van der Waals surface area contributed by atoms with E-state index in [1.54, 1.807) is 0 Å². The normalized spacial score (nSPS) is 39.1. The highest BCUT2D eigenvalue weighted by Gasteiger charge is 2.72. The van der Waals surface area contributed by atoms with Crippen LogP contribution in [0.3, 0.4) is 0 Å². The molecule has 8 unspecified atom stereocenters. The van der Waals surface area contributed by atoms with Gasteiger partial charge >= 0.3 is 0 Å². The van der Waals surface area contributed by atoms with Gasteiger partial charge in [0.2, 0.25) is 70.9 Å². The number of amides is 12. The number of carbonyl (C=O) groups excluding carboxylic acids is 12. The Morgan fingerprint density at radius 2 is 0.722 bits per heavy atom. The predicted molar refractivity (Wildman–Crippen MR) is 176 cm³/mol. The van der Waals surface area contributed by atoms with Crippen molar-refractivity contribution in [3.8, 4) is 0 Å². The first kappa shape index (κ1) is 36.9. The van der Waals surface area contributed by atoms with Gasteiger partial charge in [-0.25, -0.2) is 0 Å². The van der Waals surface area contributed by atoms with Gasteiger partial charge in [0.15, 0.2) is 0 Å². The van der Waals surface area contributed by atoms with Crippen LogP contribution in [0.5, 0.6) is 0 Å². The van der Waals surface area contributed by atoms with Crippen LogP contribution in [0.15, 0.2) is 11.6 Å². The summed E-state index contributed by atoms with van der Waals surface area (Å²) in [7, 11) is 8.66. The summed E-state index contributed by atoms with van der Waals surface area (Å²) in [5.74, 6) is -8.98. The maximum absolute atomic E-state index is 12.2. The smallest absolute Gasteiger partial charge is 0.236 e. The molecule has 18 nitrogen and oxygen atoms in total. The number of hydrogen-bond acceptors (Lipinski definition) is 12. The van der Waals surface area contributed by atoms with E-state index in [0.29, 0.717) is 12.8 Å². The summed E-state index contributed by atoms with van der Waals surface area (Å²) >= 11 is 0. The summed E-state index contributed by atoms with van der Waals surface area (Å²) in [5.41, 5.74) is 0.841. The van der Waals surface area contributed by atoms with E-state index < -0.39 is 53.3 Å². The van der Waals surface area contributed by atoms with Gasteiger partial charge in [0.05, 0.1) is 65.1 Å². The lowest BCUT2D eigenvalue weighted by molar-refractivity contribution is -0.146. The minimum atomic E-state index is -0.612. The Labute approximate surface area is 308 Å². The molecule has 0 N–H and O–H groups in total. The van der Waals surface area contributed by atoms with E-state index in [1.807, 2.05) is 13.0 Å². The third kappa shape index (κ3) is 4.76. The van der Waals surface area contributed by atoms with Crippen molar-refractivity contribution >= 4 is 70.9 Å². The molecule has 8 fully saturated rings. The lowest BCUT2D eigenvalue weighted by Gasteiger charge is -2.36. The van der Waals surface area contributed by atoms with Crippen LogP contribution >= 0.6 is 0 Å². The first-order chi connectivity index (χ1) is 25.2. The summed E-state index contributed by atoms with van der Waals surface area (Å²) in [4.78, 5) is 149. The molecule has 8 atom stereocenters. The second-order valence-electron chi connectivity index (χ2n) is 15.8. The van der Waals surface area contributed by atoms with E-state index in [-0.39, 0.29) is 95.1 Å². The zero-order valence-corrected chi connectivity index (χ0v) is 30.7. The Balaban J connectivity index is 0.000000126. The molecule has 2 saturated carbocycles. The Bertz CT molecular complexity index is 1820. The minimum absolute atomic E-state index is 0.143. The van der Waals surface area contributed by atoms with Crippen molar-refractivity contribution < 1.29 is 57.5 Å². The molecule has 6 heterocycles. The van der Waals surface area contributed by atoms with E-state index in [2.05, 4.69) is 0 Å². The molecule has 3 aliphatic carbocycles. The highest BCUT2D eigenvalue weighted by molar-refractivity contribution is 6.18. The number of allylic oxidation sites excluding steroid dienone is 1. The van der Waals surface area contributed by atoms with Gasteiger partial charge in [-0.15, -0.1) is 0 Å². The van der Waals surface area contributed by atoms with Crippen molar-refractivity contribution in [2.45, 2.75) is 26.2 Å². The second-order valence-corrected chi connectivity index (χ2v) is 15.8. The number of rotatable bonds is 1. The van der Waals surface area contributed by atoms with E-state index in [4.69, 9.17) is 0 Å². The van der Waals surface area contributed by atoms with Crippen LogP contribution in [0.25, 0.3) is 0 Å². The average Bonchev–Trinajstić information content (AvgIpc) is 3.90. The van der Waals surface area contributed by atoms with Gasteiger partial charge in [0.1, 0.15) is 0 Å². The fourth-order valence-electron chi connectivity index (χ4n) is 10.3. The molecular formula is C36H40N6O12. The van der Waals surface area contributed by atoms with Crippen molar-refractivity contribution in [1.29, 1.82) is 0 Å². The number of carbonyl (C=O) groups is 12. The number of imide groups is 6. The van der Waals surface area contributed by atoms with Gasteiger partial charge in [0.25, 0.3) is 0 Å². The number of fused-ring (bicyclic) bond motifs is 8. The Morgan fingerprint density at radius 3 is 1.11 bits per heavy atom. The maximum Gasteiger partial charge on any atom is 0.236 e. The molecule has 12 amide bonds. The fourth-order valence-corrected chi connectivity index (χ4v) is 10.3. The Morgan fingerprint density at radius 1 is 0.389 bits per heavy atom. The number of hydrogen-bond donors (Lipinski definition) is 0. The highest BCUT2D eigenvalue weighted by atomic mass is 16.2. The van der Waals surface area contributed by atoms with Crippen LogP contribution in [-0.4, -0.2) is 143 Å². The van der Waals surface area contributed by atoms with Gasteiger partial charge in [-0.05, 0) is 25.7 Å². The molecule has 0 aromatic carbocycles. The van der Waals surface area contributed by atoms with Crippen molar-refractivity contribution in [2.24, 2.45) is 71.0 Å². The molecule has 0 spiro atoms. The third-order valence-corrected chi connectivity index (χ3v) is 13.4. The van der Waals surface area contributed by atoms with Crippen LogP contribution in [0.4, 0.5) is 0 Å². The summed E-state index contributed by atoms with van der Waals surface area (Å²) < 4.78 is 0. The zero-order chi connectivity index (χ0) is 39.7. The molecular weight excluding hydrogens is 708 g/mol. The molecule has 9 rings (SSSR count). The van der Waals surface area contributed by atoms with Gasteiger partial charge in [-0.3, -0.25) is 86.9 Å². The van der Waals surface area contributed by atoms with Crippen molar-refractivity contribution in [3.63, 3.8) is 0 Å². The van der Waals surface area contributed by atoms with Crippen LogP contribution in [0.2, 0.25) is 0 Å². The SMILES string of the molecule is CC1=CC(C2CC(=O)N(C)C2=O)CC2C(=O)N(C)C(=O)C12.CN1C(=O)C2C(C1=O)C1C(=O)N(C)C(=O)C21.CN1C(=O)C2CC3C(=O)N(C)C(=O)C3C2C1=O. The van der Waals surface area contributed by atoms with Gasteiger partial charge in [-0.2, -0.15) is 0 Å². The third-order valence-electron chi connectivity index (χ3n) is 13.4. The first-order valence-electron chi connectivity index (χ1n) is 17.8. The van der Waals surface area contributed by atoms with Gasteiger partial charge < -0.3 is 0 Å². The molecule has 0 bridgehead atoms. The standard InChI is InChI=1S/C15H18N2O4.C11H12N2O4.C10H10N2O4/c1-7-4-8(9-6-11(18)16(2)13(9)19)5-10-12(7)15(21)17(3)14(10)20;1-12-8(14)4-3-5-7(6(4)10(12)16)11(17)13(2)9(5)15;1-11-7(13)3-4(8(11)14)6-5(3)9(15)12(2)10(6)16/h4,8-10,12H,5-6H2,1-3H3;4-7H,3H2,1-2H3;3-6H,1-2H3. The quantitative estimate of drug-likeness (QED) is 0.201. The zero-order valence-electron chi connectivity index (χ0n) is 30.7. The summed E-state index contributed by atoms with van der Waals surface area (Å²) in [6.07, 6.45) is 2.91. The van der Waals surface area contributed by atoms with Crippen LogP contribution in [0, 0.1) is 71.0 Å². The molecule has 286 valence electrons. The molecule has 0 aromatic heterocycles. The fraction of sp³-hybridized carbons (Fsp3) is 0.611. The molecule has 9 aliphatic rings. The van der Waals surface area contributed by atoms with E-state index in [0.717, 1.165) is 30.1 Å². The second kappa shape index (κ2) is 12.3. The summed E-state index contributed by atoms with van der Waals surface area (Å²) in [6, 6.07) is 0. The Kier molecular flexibility index (Phi) is 8.42. The lowest BCUT2D eigenvalue weighted by atomic mass is 9.59. The van der Waals surface area contributed by atoms with Crippen molar-refractivity contribution in [3.05, 3.63) is 11.6 Å². The molecule has 0 radical (unpaired) electrons. The summed E-state index contributed by atoms with van der Waals surface area (Å²) in [6.45, 7) is 1.83. The Hall–Kier alpha value is -5.42. The molecule has 6 saturated heterocycles. The van der Waals surface area contributed by atoms with Gasteiger partial charge in [0, 0.05) is 48.7 Å². The van der Waals surface area contributed by atoms with E-state index in [1.165, 1.54) is 47.2 Å². The van der Waals surface area contributed by atoms with Crippen molar-refractivity contribution in [1.82, 2.24) is 29.4 Å². The highest BCUT2D eigenvalue weighted by Crippen LogP contribution is 2.56. The molecule has 6 aliphatic heterocycles. The number of likely N-dealkylation sites (tertiary alicyclic amines) is 6. The van der Waals surface area contributed by atoms with Crippen molar-refractivity contribution in [2.75, 3.05) is 42.3 Å². The van der Waals surface area contributed by atoms with Crippen LogP contribution in [0.1, 0.15) is 26.2 Å². The molecule has 0 aromatic rings. The number of nitrogens with zero attached hydrogens (tertiary/aromatic N) is 6. The minimum Gasteiger partial charge on any atom is -0.285 e. The van der Waals surface area contributed by atoms with E-state index in [9.17, 15) is 57.5 Å².